The highest BCUT2D eigenvalue weighted by Crippen LogP contribution is 2.08. The molecule has 2 aromatic heterocycles. The number of nitriles is 1. The van der Waals surface area contributed by atoms with Crippen molar-refractivity contribution in [3.8, 4) is 11.8 Å². The maximum Gasteiger partial charge on any atom is 0.273 e. The molecule has 0 spiro atoms. The van der Waals surface area contributed by atoms with Crippen LogP contribution in [0.1, 0.15) is 5.56 Å². The number of morpholine rings is 1. The Morgan fingerprint density at radius 1 is 1.13 bits per heavy atom. The van der Waals surface area contributed by atoms with Crippen molar-refractivity contribution in [2.75, 3.05) is 26.3 Å². The van der Waals surface area contributed by atoms with Crippen LogP contribution < -0.4 is 14.8 Å². The van der Waals surface area contributed by atoms with Crippen LogP contribution in [0.3, 0.4) is 0 Å². The maximum atomic E-state index is 13.3. The van der Waals surface area contributed by atoms with Gasteiger partial charge in [0, 0.05) is 25.5 Å². The summed E-state index contributed by atoms with van der Waals surface area (Å²) in [6.07, 6.45) is 5.03. The summed E-state index contributed by atoms with van der Waals surface area (Å²) in [5, 5.41) is 9.85. The van der Waals surface area contributed by atoms with Crippen molar-refractivity contribution in [1.29, 1.82) is 5.26 Å². The van der Waals surface area contributed by atoms with Gasteiger partial charge in [0.15, 0.2) is 5.57 Å². The predicted octanol–water partition coefficient (Wildman–Crippen LogP) is 0.656. The minimum absolute atomic E-state index is 0.0442. The molecule has 1 aliphatic heterocycles. The molecule has 8 heteroatoms. The molecule has 30 heavy (non-hydrogen) atoms. The molecule has 1 aliphatic rings. The Balaban J connectivity index is 1.98. The predicted molar refractivity (Wildman–Crippen MR) is 113 cm³/mol. The largest absolute Gasteiger partial charge is 0.378 e. The molecule has 0 saturated carbocycles. The van der Waals surface area contributed by atoms with Crippen LogP contribution in [-0.4, -0.2) is 46.7 Å². The molecule has 0 bridgehead atoms. The van der Waals surface area contributed by atoms with Crippen molar-refractivity contribution in [3.05, 3.63) is 80.0 Å². The number of ether oxygens (including phenoxy) is 1. The third kappa shape index (κ3) is 3.94. The topological polar surface area (TPSA) is 88.2 Å². The summed E-state index contributed by atoms with van der Waals surface area (Å²) in [5.74, 6) is -0.387. The number of carbonyl (C=O) groups excluding carboxylic acids is 1. The van der Waals surface area contributed by atoms with Gasteiger partial charge in [0.1, 0.15) is 10.7 Å². The Labute approximate surface area is 176 Å². The average molecular weight is 418 g/mol. The van der Waals surface area contributed by atoms with Crippen molar-refractivity contribution < 1.29 is 9.53 Å². The molecule has 0 atom stereocenters. The molecule has 1 amide bonds. The highest BCUT2D eigenvalue weighted by Gasteiger charge is 2.23. The van der Waals surface area contributed by atoms with E-state index in [1.807, 2.05) is 24.3 Å². The summed E-state index contributed by atoms with van der Waals surface area (Å²) >= 11 is 1.14. The first kappa shape index (κ1) is 19.8. The fraction of sp³-hybridized carbons (Fsp3) is 0.182. The van der Waals surface area contributed by atoms with Crippen LogP contribution in [-0.2, 0) is 9.53 Å². The minimum atomic E-state index is -0.387. The summed E-state index contributed by atoms with van der Waals surface area (Å²) in [6, 6.07) is 14.7. The second-order valence-electron chi connectivity index (χ2n) is 6.56. The molecule has 3 heterocycles. The van der Waals surface area contributed by atoms with Gasteiger partial charge in [-0.15, -0.1) is 11.3 Å². The zero-order valence-corrected chi connectivity index (χ0v) is 16.8. The van der Waals surface area contributed by atoms with Crippen LogP contribution in [0.4, 0.5) is 0 Å². The molecule has 0 N–H and O–H groups in total. The Hall–Kier alpha value is -3.54. The monoisotopic (exact) mass is 418 g/mol. The van der Waals surface area contributed by atoms with Crippen molar-refractivity contribution in [2.45, 2.75) is 0 Å². The van der Waals surface area contributed by atoms with E-state index in [1.54, 1.807) is 47.6 Å². The first-order valence-electron chi connectivity index (χ1n) is 9.39. The molecule has 3 aromatic rings. The van der Waals surface area contributed by atoms with Gasteiger partial charge in [-0.2, -0.15) is 5.26 Å². The Bertz CT molecular complexity index is 1270. The van der Waals surface area contributed by atoms with Crippen LogP contribution in [0.15, 0.2) is 59.7 Å². The van der Waals surface area contributed by atoms with E-state index >= 15 is 0 Å². The van der Waals surface area contributed by atoms with Crippen LogP contribution in [0.25, 0.3) is 17.3 Å². The van der Waals surface area contributed by atoms with Gasteiger partial charge < -0.3 is 9.64 Å². The van der Waals surface area contributed by atoms with Gasteiger partial charge in [0.2, 0.25) is 0 Å². The second kappa shape index (κ2) is 8.86. The fourth-order valence-corrected chi connectivity index (χ4v) is 4.28. The Morgan fingerprint density at radius 2 is 1.83 bits per heavy atom. The van der Waals surface area contributed by atoms with Crippen LogP contribution >= 0.6 is 11.3 Å². The molecule has 1 saturated heterocycles. The van der Waals surface area contributed by atoms with E-state index in [4.69, 9.17) is 4.74 Å². The summed E-state index contributed by atoms with van der Waals surface area (Å²) in [6.45, 7) is 1.70. The van der Waals surface area contributed by atoms with E-state index in [1.165, 1.54) is 4.57 Å². The zero-order chi connectivity index (χ0) is 20.9. The van der Waals surface area contributed by atoms with E-state index in [9.17, 15) is 14.9 Å². The number of hydrogen-bond donors (Lipinski definition) is 0. The number of amides is 1. The van der Waals surface area contributed by atoms with E-state index in [0.717, 1.165) is 16.9 Å². The molecule has 4 rings (SSSR count). The summed E-state index contributed by atoms with van der Waals surface area (Å²) in [5.41, 5.74) is 1.09. The van der Waals surface area contributed by atoms with Crippen LogP contribution in [0.2, 0.25) is 0 Å². The molecule has 0 unspecified atom stereocenters. The molecular weight excluding hydrogens is 400 g/mol. The number of benzene rings is 1. The molecule has 0 radical (unpaired) electrons. The van der Waals surface area contributed by atoms with E-state index in [-0.39, 0.29) is 17.0 Å². The smallest absolute Gasteiger partial charge is 0.273 e. The Morgan fingerprint density at radius 3 is 2.50 bits per heavy atom. The van der Waals surface area contributed by atoms with Crippen molar-refractivity contribution in [2.24, 2.45) is 0 Å². The van der Waals surface area contributed by atoms with Crippen LogP contribution in [0, 0.1) is 11.3 Å². The molecule has 150 valence electrons. The van der Waals surface area contributed by atoms with Gasteiger partial charge >= 0.3 is 0 Å². The fourth-order valence-electron chi connectivity index (χ4n) is 3.18. The lowest BCUT2D eigenvalue weighted by Gasteiger charge is -2.26. The van der Waals surface area contributed by atoms with Gasteiger partial charge in [-0.3, -0.25) is 19.1 Å². The number of nitrogens with zero attached hydrogens (tertiary/aromatic N) is 4. The summed E-state index contributed by atoms with van der Waals surface area (Å²) < 4.78 is 7.50. The third-order valence-corrected chi connectivity index (χ3v) is 5.77. The summed E-state index contributed by atoms with van der Waals surface area (Å²) in [4.78, 5) is 31.9. The standard InChI is InChI=1S/C22H18N4O3S/c23-15-18(20(27)25-10-12-29-13-11-25)22-26(17-4-2-1-3-5-17)21(28)19(30-22)14-16-6-8-24-9-7-16/h1-9,14H,10-13H2/b19-14-,22-18-. The van der Waals surface area contributed by atoms with E-state index in [2.05, 4.69) is 4.98 Å². The first-order chi connectivity index (χ1) is 14.7. The maximum absolute atomic E-state index is 13.3. The van der Waals surface area contributed by atoms with Crippen molar-refractivity contribution in [1.82, 2.24) is 14.5 Å². The normalized spacial score (nSPS) is 15.6. The second-order valence-corrected chi connectivity index (χ2v) is 7.59. The number of pyridine rings is 1. The van der Waals surface area contributed by atoms with Crippen molar-refractivity contribution >= 4 is 28.9 Å². The molecule has 7 nitrogen and oxygen atoms in total. The highest BCUT2D eigenvalue weighted by molar-refractivity contribution is 7.07. The first-order valence-corrected chi connectivity index (χ1v) is 10.2. The van der Waals surface area contributed by atoms with Crippen LogP contribution in [0.5, 0.6) is 0 Å². The third-order valence-electron chi connectivity index (χ3n) is 4.68. The van der Waals surface area contributed by atoms with Gasteiger partial charge in [-0.1, -0.05) is 18.2 Å². The Kier molecular flexibility index (Phi) is 5.84. The quantitative estimate of drug-likeness (QED) is 0.623. The average Bonchev–Trinajstić information content (AvgIpc) is 3.11. The molecule has 0 aliphatic carbocycles. The number of rotatable bonds is 3. The summed E-state index contributed by atoms with van der Waals surface area (Å²) in [7, 11) is 0. The molecule has 1 fully saturated rings. The number of aromatic nitrogens is 2. The lowest BCUT2D eigenvalue weighted by molar-refractivity contribution is -0.128. The number of para-hydroxylation sites is 1. The lowest BCUT2D eigenvalue weighted by atomic mass is 10.2. The van der Waals surface area contributed by atoms with E-state index < -0.39 is 0 Å². The number of hydrogen-bond acceptors (Lipinski definition) is 6. The van der Waals surface area contributed by atoms with Gasteiger partial charge in [0.25, 0.3) is 11.5 Å². The molecular formula is C22H18N4O3S. The van der Waals surface area contributed by atoms with Crippen molar-refractivity contribution in [3.63, 3.8) is 0 Å². The van der Waals surface area contributed by atoms with Gasteiger partial charge in [-0.25, -0.2) is 0 Å². The highest BCUT2D eigenvalue weighted by atomic mass is 32.1. The number of thiazole rings is 1. The molecule has 1 aromatic carbocycles. The van der Waals surface area contributed by atoms with E-state index in [0.29, 0.717) is 41.2 Å². The zero-order valence-electron chi connectivity index (χ0n) is 16.0. The van der Waals surface area contributed by atoms with Gasteiger partial charge in [-0.05, 0) is 35.9 Å². The lowest BCUT2D eigenvalue weighted by Crippen LogP contribution is -2.42. The van der Waals surface area contributed by atoms with Gasteiger partial charge in [0.05, 0.1) is 23.4 Å². The number of carbonyl (C=O) groups is 1. The SMILES string of the molecule is N#C/C(C(=O)N1CCOCC1)=c1/s/c(=C\c2ccncc2)c(=O)n1-c1ccccc1. The minimum Gasteiger partial charge on any atom is -0.378 e.